The molecule has 1 fully saturated rings. The Labute approximate surface area is 90.8 Å². The van der Waals surface area contributed by atoms with Crippen LogP contribution < -0.4 is 5.73 Å². The zero-order valence-electron chi connectivity index (χ0n) is 9.32. The van der Waals surface area contributed by atoms with Crippen LogP contribution in [0, 0.1) is 5.92 Å². The van der Waals surface area contributed by atoms with Gasteiger partial charge in [-0.2, -0.15) is 0 Å². The van der Waals surface area contributed by atoms with Crippen molar-refractivity contribution in [2.45, 2.75) is 51.2 Å². The van der Waals surface area contributed by atoms with Crippen LogP contribution >= 0.6 is 0 Å². The Hall–Kier alpha value is -0.610. The molecule has 0 aromatic heterocycles. The molecule has 1 saturated heterocycles. The number of carboxylic acid groups (broad SMARTS) is 1. The van der Waals surface area contributed by atoms with Crippen molar-refractivity contribution in [2.24, 2.45) is 11.7 Å². The SMILES string of the molecule is CC1CCC(CC(CCCN)C(=O)O)O1. The molecular formula is C11H21NO3. The van der Waals surface area contributed by atoms with E-state index < -0.39 is 5.97 Å². The molecular weight excluding hydrogens is 194 g/mol. The van der Waals surface area contributed by atoms with E-state index in [4.69, 9.17) is 15.6 Å². The first-order valence-corrected chi connectivity index (χ1v) is 5.71. The number of hydrogen-bond donors (Lipinski definition) is 2. The van der Waals surface area contributed by atoms with Gasteiger partial charge in [0.2, 0.25) is 0 Å². The number of carbonyl (C=O) groups is 1. The van der Waals surface area contributed by atoms with E-state index in [9.17, 15) is 4.79 Å². The van der Waals surface area contributed by atoms with Crippen molar-refractivity contribution in [3.8, 4) is 0 Å². The molecule has 88 valence electrons. The predicted molar refractivity (Wildman–Crippen MR) is 57.6 cm³/mol. The van der Waals surface area contributed by atoms with Gasteiger partial charge in [-0.15, -0.1) is 0 Å². The highest BCUT2D eigenvalue weighted by Crippen LogP contribution is 2.26. The first-order chi connectivity index (χ1) is 7.13. The lowest BCUT2D eigenvalue weighted by molar-refractivity contribution is -0.143. The third-order valence-corrected chi connectivity index (χ3v) is 2.97. The molecule has 0 aromatic carbocycles. The minimum atomic E-state index is -0.716. The van der Waals surface area contributed by atoms with E-state index in [0.29, 0.717) is 25.5 Å². The molecule has 4 nitrogen and oxygen atoms in total. The molecule has 0 saturated carbocycles. The number of nitrogens with two attached hydrogens (primary N) is 1. The fraction of sp³-hybridized carbons (Fsp3) is 0.909. The van der Waals surface area contributed by atoms with Gasteiger partial charge < -0.3 is 15.6 Å². The van der Waals surface area contributed by atoms with Crippen molar-refractivity contribution in [1.82, 2.24) is 0 Å². The van der Waals surface area contributed by atoms with Crippen LogP contribution in [0.1, 0.15) is 39.0 Å². The molecule has 4 heteroatoms. The molecule has 0 aromatic rings. The van der Waals surface area contributed by atoms with Gasteiger partial charge in [0.1, 0.15) is 0 Å². The van der Waals surface area contributed by atoms with Crippen molar-refractivity contribution in [2.75, 3.05) is 6.54 Å². The average Bonchev–Trinajstić information content (AvgIpc) is 2.58. The Morgan fingerprint density at radius 2 is 2.33 bits per heavy atom. The maximum absolute atomic E-state index is 11.0. The van der Waals surface area contributed by atoms with Gasteiger partial charge in [0, 0.05) is 0 Å². The quantitative estimate of drug-likeness (QED) is 0.702. The Morgan fingerprint density at radius 1 is 1.60 bits per heavy atom. The molecule has 0 spiro atoms. The Kier molecular flexibility index (Phi) is 5.05. The molecule has 0 aliphatic carbocycles. The Morgan fingerprint density at radius 3 is 2.80 bits per heavy atom. The molecule has 1 aliphatic heterocycles. The monoisotopic (exact) mass is 215 g/mol. The van der Waals surface area contributed by atoms with E-state index in [2.05, 4.69) is 0 Å². The van der Waals surface area contributed by atoms with Crippen LogP contribution in [0.2, 0.25) is 0 Å². The van der Waals surface area contributed by atoms with E-state index in [0.717, 1.165) is 19.3 Å². The second-order valence-corrected chi connectivity index (χ2v) is 4.35. The second kappa shape index (κ2) is 6.08. The molecule has 0 amide bonds. The standard InChI is InChI=1S/C11H21NO3/c1-8-4-5-10(15-8)7-9(11(13)14)3-2-6-12/h8-10H,2-7,12H2,1H3,(H,13,14). The first-order valence-electron chi connectivity index (χ1n) is 5.71. The number of hydrogen-bond acceptors (Lipinski definition) is 3. The first kappa shape index (κ1) is 12.5. The molecule has 1 heterocycles. The van der Waals surface area contributed by atoms with Gasteiger partial charge in [0.15, 0.2) is 0 Å². The zero-order chi connectivity index (χ0) is 11.3. The minimum absolute atomic E-state index is 0.138. The fourth-order valence-corrected chi connectivity index (χ4v) is 2.08. The van der Waals surface area contributed by atoms with E-state index in [1.807, 2.05) is 6.92 Å². The van der Waals surface area contributed by atoms with Crippen molar-refractivity contribution in [1.29, 1.82) is 0 Å². The normalized spacial score (nSPS) is 27.9. The zero-order valence-corrected chi connectivity index (χ0v) is 9.32. The number of ether oxygens (including phenoxy) is 1. The summed E-state index contributed by atoms with van der Waals surface area (Å²) in [5.41, 5.74) is 5.38. The van der Waals surface area contributed by atoms with Gasteiger partial charge in [-0.1, -0.05) is 0 Å². The van der Waals surface area contributed by atoms with Crippen LogP contribution in [-0.2, 0) is 9.53 Å². The number of carboxylic acids is 1. The summed E-state index contributed by atoms with van der Waals surface area (Å²) in [6.45, 7) is 2.60. The summed E-state index contributed by atoms with van der Waals surface area (Å²) < 4.78 is 5.63. The van der Waals surface area contributed by atoms with E-state index in [1.54, 1.807) is 0 Å². The van der Waals surface area contributed by atoms with Crippen LogP contribution in [-0.4, -0.2) is 29.8 Å². The number of rotatable bonds is 6. The van der Waals surface area contributed by atoms with Gasteiger partial charge >= 0.3 is 5.97 Å². The van der Waals surface area contributed by atoms with Crippen molar-refractivity contribution in [3.63, 3.8) is 0 Å². The smallest absolute Gasteiger partial charge is 0.306 e. The van der Waals surface area contributed by atoms with Gasteiger partial charge in [0.25, 0.3) is 0 Å². The Balaban J connectivity index is 2.33. The molecule has 0 radical (unpaired) electrons. The van der Waals surface area contributed by atoms with Crippen molar-refractivity contribution in [3.05, 3.63) is 0 Å². The molecule has 1 rings (SSSR count). The average molecular weight is 215 g/mol. The van der Waals surface area contributed by atoms with E-state index in [1.165, 1.54) is 0 Å². The lowest BCUT2D eigenvalue weighted by Crippen LogP contribution is -2.22. The van der Waals surface area contributed by atoms with Gasteiger partial charge in [-0.05, 0) is 45.6 Å². The largest absolute Gasteiger partial charge is 0.481 e. The van der Waals surface area contributed by atoms with Crippen LogP contribution in [0.4, 0.5) is 0 Å². The number of aliphatic carboxylic acids is 1. The van der Waals surface area contributed by atoms with Crippen molar-refractivity contribution < 1.29 is 14.6 Å². The topological polar surface area (TPSA) is 72.6 Å². The maximum atomic E-state index is 11.0. The summed E-state index contributed by atoms with van der Waals surface area (Å²) in [7, 11) is 0. The highest BCUT2D eigenvalue weighted by Gasteiger charge is 2.27. The summed E-state index contributed by atoms with van der Waals surface area (Å²) >= 11 is 0. The highest BCUT2D eigenvalue weighted by atomic mass is 16.5. The molecule has 0 bridgehead atoms. The van der Waals surface area contributed by atoms with Crippen LogP contribution in [0.3, 0.4) is 0 Å². The minimum Gasteiger partial charge on any atom is -0.481 e. The predicted octanol–water partition coefficient (Wildman–Crippen LogP) is 1.38. The van der Waals surface area contributed by atoms with Crippen LogP contribution in [0.15, 0.2) is 0 Å². The molecule has 15 heavy (non-hydrogen) atoms. The van der Waals surface area contributed by atoms with Gasteiger partial charge in [0.05, 0.1) is 18.1 Å². The highest BCUT2D eigenvalue weighted by molar-refractivity contribution is 5.69. The maximum Gasteiger partial charge on any atom is 0.306 e. The third kappa shape index (κ3) is 4.18. The molecule has 3 atom stereocenters. The van der Waals surface area contributed by atoms with E-state index in [-0.39, 0.29) is 12.0 Å². The fourth-order valence-electron chi connectivity index (χ4n) is 2.08. The summed E-state index contributed by atoms with van der Waals surface area (Å²) in [5.74, 6) is -1.00. The lowest BCUT2D eigenvalue weighted by Gasteiger charge is -2.16. The molecule has 3 unspecified atom stereocenters. The van der Waals surface area contributed by atoms with E-state index >= 15 is 0 Å². The van der Waals surface area contributed by atoms with Gasteiger partial charge in [-0.3, -0.25) is 4.79 Å². The summed E-state index contributed by atoms with van der Waals surface area (Å²) in [6.07, 6.45) is 4.55. The molecule has 3 N–H and O–H groups in total. The lowest BCUT2D eigenvalue weighted by atomic mass is 9.95. The summed E-state index contributed by atoms with van der Waals surface area (Å²) in [5, 5.41) is 9.03. The van der Waals surface area contributed by atoms with Crippen LogP contribution in [0.5, 0.6) is 0 Å². The van der Waals surface area contributed by atoms with Crippen LogP contribution in [0.25, 0.3) is 0 Å². The Bertz CT molecular complexity index is 208. The second-order valence-electron chi connectivity index (χ2n) is 4.35. The summed E-state index contributed by atoms with van der Waals surface area (Å²) in [4.78, 5) is 11.0. The molecule has 1 aliphatic rings. The summed E-state index contributed by atoms with van der Waals surface area (Å²) in [6, 6.07) is 0. The van der Waals surface area contributed by atoms with Crippen molar-refractivity contribution >= 4 is 5.97 Å². The van der Waals surface area contributed by atoms with Gasteiger partial charge in [-0.25, -0.2) is 0 Å². The third-order valence-electron chi connectivity index (χ3n) is 2.97.